The van der Waals surface area contributed by atoms with Crippen molar-refractivity contribution in [3.8, 4) is 0 Å². The Morgan fingerprint density at radius 3 is 2.50 bits per heavy atom. The smallest absolute Gasteiger partial charge is 0.321 e. The molecule has 4 nitrogen and oxygen atoms in total. The molecule has 3 N–H and O–H groups in total. The topological polar surface area (TPSA) is 66.6 Å². The number of carboxylic acid groups (broad SMARTS) is 1. The van der Waals surface area contributed by atoms with E-state index < -0.39 is 12.0 Å². The summed E-state index contributed by atoms with van der Waals surface area (Å²) in [5.74, 6) is -0.940. The third-order valence-corrected chi connectivity index (χ3v) is 2.15. The van der Waals surface area contributed by atoms with Crippen molar-refractivity contribution in [2.45, 2.75) is 32.4 Å². The lowest BCUT2D eigenvalue weighted by Gasteiger charge is -2.24. The average Bonchev–Trinajstić information content (AvgIpc) is 2.02. The van der Waals surface area contributed by atoms with E-state index in [1.54, 1.807) is 0 Å². The van der Waals surface area contributed by atoms with E-state index >= 15 is 0 Å². The second-order valence-corrected chi connectivity index (χ2v) is 3.14. The molecule has 0 aliphatic carbocycles. The minimum absolute atomic E-state index is 0.385. The second-order valence-electron chi connectivity index (χ2n) is 3.14. The Labute approximate surface area is 73.3 Å². The summed E-state index contributed by atoms with van der Waals surface area (Å²) in [5.41, 5.74) is 5.37. The van der Waals surface area contributed by atoms with Gasteiger partial charge in [0.15, 0.2) is 0 Å². The maximum absolute atomic E-state index is 10.4. The van der Waals surface area contributed by atoms with Crippen LogP contribution in [0.2, 0.25) is 0 Å². The van der Waals surface area contributed by atoms with Crippen molar-refractivity contribution in [1.82, 2.24) is 4.90 Å². The average molecular weight is 174 g/mol. The Balaban J connectivity index is 3.83. The molecule has 0 saturated heterocycles. The molecule has 0 amide bonds. The van der Waals surface area contributed by atoms with Crippen LogP contribution in [0.3, 0.4) is 0 Å². The zero-order chi connectivity index (χ0) is 9.72. The highest BCUT2D eigenvalue weighted by molar-refractivity contribution is 5.73. The first-order valence-electron chi connectivity index (χ1n) is 4.17. The Hall–Kier alpha value is -0.610. The van der Waals surface area contributed by atoms with Gasteiger partial charge in [0.2, 0.25) is 0 Å². The number of nitrogens with two attached hydrogens (primary N) is 1. The van der Waals surface area contributed by atoms with Crippen LogP contribution in [0.25, 0.3) is 0 Å². The van der Waals surface area contributed by atoms with Crippen molar-refractivity contribution < 1.29 is 9.90 Å². The van der Waals surface area contributed by atoms with Gasteiger partial charge in [-0.3, -0.25) is 4.79 Å². The molecule has 0 spiro atoms. The first-order valence-corrected chi connectivity index (χ1v) is 4.17. The van der Waals surface area contributed by atoms with Crippen LogP contribution in [0, 0.1) is 0 Å². The third kappa shape index (κ3) is 3.69. The number of likely N-dealkylation sites (N-methyl/N-ethyl adjacent to an activating group) is 1. The molecule has 0 aromatic rings. The first kappa shape index (κ1) is 11.4. The van der Waals surface area contributed by atoms with Crippen LogP contribution in [-0.2, 0) is 4.79 Å². The highest BCUT2D eigenvalue weighted by Crippen LogP contribution is 2.00. The molecule has 72 valence electrons. The van der Waals surface area contributed by atoms with Gasteiger partial charge in [0, 0.05) is 12.6 Å². The molecule has 4 heteroatoms. The van der Waals surface area contributed by atoms with Crippen LogP contribution in [0.5, 0.6) is 0 Å². The molecule has 0 rings (SSSR count). The Kier molecular flexibility index (Phi) is 4.85. The fourth-order valence-electron chi connectivity index (χ4n) is 0.880. The summed E-state index contributed by atoms with van der Waals surface area (Å²) in [6.45, 7) is 4.52. The summed E-state index contributed by atoms with van der Waals surface area (Å²) in [6.07, 6.45) is 1.00. The van der Waals surface area contributed by atoms with E-state index in [9.17, 15) is 4.79 Å². The van der Waals surface area contributed by atoms with Gasteiger partial charge in [-0.25, -0.2) is 0 Å². The van der Waals surface area contributed by atoms with Gasteiger partial charge >= 0.3 is 5.97 Å². The van der Waals surface area contributed by atoms with E-state index in [2.05, 4.69) is 13.8 Å². The fourth-order valence-corrected chi connectivity index (χ4v) is 0.880. The predicted octanol–water partition coefficient (Wildman–Crippen LogP) is 0.129. The molecule has 0 saturated carbocycles. The molecule has 0 aliphatic rings. The molecule has 0 radical (unpaired) electrons. The van der Waals surface area contributed by atoms with Gasteiger partial charge < -0.3 is 15.7 Å². The maximum Gasteiger partial charge on any atom is 0.321 e. The minimum atomic E-state index is -0.940. The molecule has 0 aliphatic heterocycles. The zero-order valence-electron chi connectivity index (χ0n) is 7.95. The van der Waals surface area contributed by atoms with E-state index in [1.807, 2.05) is 11.9 Å². The van der Waals surface area contributed by atoms with E-state index in [0.29, 0.717) is 12.6 Å². The Morgan fingerprint density at radius 2 is 2.17 bits per heavy atom. The van der Waals surface area contributed by atoms with Gasteiger partial charge in [0.05, 0.1) is 0 Å². The summed E-state index contributed by atoms with van der Waals surface area (Å²) in [6, 6.07) is -0.389. The predicted molar refractivity (Wildman–Crippen MR) is 48.0 cm³/mol. The van der Waals surface area contributed by atoms with Crippen LogP contribution in [-0.4, -0.2) is 41.7 Å². The van der Waals surface area contributed by atoms with E-state index in [-0.39, 0.29) is 0 Å². The Bertz CT molecular complexity index is 150. The molecule has 12 heavy (non-hydrogen) atoms. The molecular formula is C8H18N2O2. The number of rotatable bonds is 5. The van der Waals surface area contributed by atoms with Crippen molar-refractivity contribution in [3.05, 3.63) is 0 Å². The highest BCUT2D eigenvalue weighted by atomic mass is 16.4. The van der Waals surface area contributed by atoms with Crippen LogP contribution >= 0.6 is 0 Å². The normalized spacial score (nSPS) is 16.1. The van der Waals surface area contributed by atoms with E-state index in [4.69, 9.17) is 10.8 Å². The quantitative estimate of drug-likeness (QED) is 0.621. The van der Waals surface area contributed by atoms with Gasteiger partial charge in [-0.15, -0.1) is 0 Å². The molecule has 0 aromatic carbocycles. The third-order valence-electron chi connectivity index (χ3n) is 2.15. The lowest BCUT2D eigenvalue weighted by Crippen LogP contribution is -2.44. The summed E-state index contributed by atoms with van der Waals surface area (Å²) >= 11 is 0. The van der Waals surface area contributed by atoms with Gasteiger partial charge in [-0.05, 0) is 20.4 Å². The standard InChI is InChI=1S/C8H18N2O2/c1-4-6(2)10(3)5-7(9)8(11)12/h6-7H,4-5,9H2,1-3H3,(H,11,12). The second kappa shape index (κ2) is 5.11. The lowest BCUT2D eigenvalue weighted by atomic mass is 10.2. The Morgan fingerprint density at radius 1 is 1.67 bits per heavy atom. The van der Waals surface area contributed by atoms with Crippen molar-refractivity contribution in [3.63, 3.8) is 0 Å². The van der Waals surface area contributed by atoms with Crippen LogP contribution in [0.4, 0.5) is 0 Å². The van der Waals surface area contributed by atoms with Crippen LogP contribution in [0.15, 0.2) is 0 Å². The van der Waals surface area contributed by atoms with Crippen molar-refractivity contribution in [2.75, 3.05) is 13.6 Å². The molecule has 0 heterocycles. The van der Waals surface area contributed by atoms with Gasteiger partial charge in [0.1, 0.15) is 6.04 Å². The van der Waals surface area contributed by atoms with Gasteiger partial charge in [-0.2, -0.15) is 0 Å². The molecular weight excluding hydrogens is 156 g/mol. The molecule has 2 atom stereocenters. The molecule has 0 fully saturated rings. The number of hydrogen-bond acceptors (Lipinski definition) is 3. The number of nitrogens with zero attached hydrogens (tertiary/aromatic N) is 1. The number of hydrogen-bond donors (Lipinski definition) is 2. The van der Waals surface area contributed by atoms with Crippen LogP contribution in [0.1, 0.15) is 20.3 Å². The van der Waals surface area contributed by atoms with E-state index in [0.717, 1.165) is 6.42 Å². The van der Waals surface area contributed by atoms with Gasteiger partial charge in [-0.1, -0.05) is 6.92 Å². The molecule has 2 unspecified atom stereocenters. The SMILES string of the molecule is CCC(C)N(C)CC(N)C(=O)O. The number of carboxylic acids is 1. The van der Waals surface area contributed by atoms with E-state index in [1.165, 1.54) is 0 Å². The highest BCUT2D eigenvalue weighted by Gasteiger charge is 2.16. The summed E-state index contributed by atoms with van der Waals surface area (Å²) in [4.78, 5) is 12.4. The van der Waals surface area contributed by atoms with Crippen LogP contribution < -0.4 is 5.73 Å². The first-order chi connectivity index (χ1) is 5.49. The maximum atomic E-state index is 10.4. The number of aliphatic carboxylic acids is 1. The van der Waals surface area contributed by atoms with Gasteiger partial charge in [0.25, 0.3) is 0 Å². The zero-order valence-corrected chi connectivity index (χ0v) is 7.95. The largest absolute Gasteiger partial charge is 0.480 e. The summed E-state index contributed by atoms with van der Waals surface area (Å²) in [7, 11) is 1.89. The monoisotopic (exact) mass is 174 g/mol. The summed E-state index contributed by atoms with van der Waals surface area (Å²) < 4.78 is 0. The molecule has 0 aromatic heterocycles. The fraction of sp³-hybridized carbons (Fsp3) is 0.875. The lowest BCUT2D eigenvalue weighted by molar-refractivity contribution is -0.139. The molecule has 0 bridgehead atoms. The van der Waals surface area contributed by atoms with Crippen molar-refractivity contribution in [2.24, 2.45) is 5.73 Å². The number of carbonyl (C=O) groups is 1. The van der Waals surface area contributed by atoms with Crippen molar-refractivity contribution in [1.29, 1.82) is 0 Å². The van der Waals surface area contributed by atoms with Crippen molar-refractivity contribution >= 4 is 5.97 Å². The summed E-state index contributed by atoms with van der Waals surface area (Å²) in [5, 5.41) is 8.53. The minimum Gasteiger partial charge on any atom is -0.480 e.